The van der Waals surface area contributed by atoms with E-state index in [0.29, 0.717) is 10.6 Å². The predicted molar refractivity (Wildman–Crippen MR) is 95.9 cm³/mol. The molecule has 0 unspecified atom stereocenters. The van der Waals surface area contributed by atoms with Crippen LogP contribution in [0.3, 0.4) is 0 Å². The Morgan fingerprint density at radius 3 is 2.22 bits per heavy atom. The second-order valence-corrected chi connectivity index (χ2v) is 7.68. The monoisotopic (exact) mass is 407 g/mol. The molecule has 0 aliphatic carbocycles. The molecule has 0 bridgehead atoms. The van der Waals surface area contributed by atoms with Crippen molar-refractivity contribution in [2.24, 2.45) is 0 Å². The molecule has 0 aliphatic rings. The first-order chi connectivity index (χ1) is 12.8. The molecule has 0 amide bonds. The van der Waals surface area contributed by atoms with E-state index in [1.807, 2.05) is 0 Å². The van der Waals surface area contributed by atoms with Gasteiger partial charge in [-0.3, -0.25) is 25.0 Å². The van der Waals surface area contributed by atoms with Crippen molar-refractivity contribution >= 4 is 37.9 Å². The Balaban J connectivity index is 1.87. The fourth-order valence-corrected chi connectivity index (χ4v) is 4.26. The van der Waals surface area contributed by atoms with Gasteiger partial charge in [0.15, 0.2) is 4.90 Å². The normalized spacial score (nSPS) is 11.1. The van der Waals surface area contributed by atoms with Crippen molar-refractivity contribution in [3.8, 4) is 10.6 Å². The standard InChI is InChI=1S/C14H9N5O6S2/c20-18(21)10-7-5-9(6-8-10)13-15-16-14(26-13)17-27(24,25)12-4-2-1-3-11(12)19(22)23/h1-8H,(H,16,17). The Hall–Kier alpha value is -3.45. The van der Waals surface area contributed by atoms with Crippen molar-refractivity contribution in [1.29, 1.82) is 0 Å². The molecule has 0 atom stereocenters. The van der Waals surface area contributed by atoms with Crippen molar-refractivity contribution in [3.63, 3.8) is 0 Å². The van der Waals surface area contributed by atoms with Crippen LogP contribution in [0.2, 0.25) is 0 Å². The minimum Gasteiger partial charge on any atom is -0.258 e. The predicted octanol–water partition coefficient (Wildman–Crippen LogP) is 2.82. The Morgan fingerprint density at radius 2 is 1.59 bits per heavy atom. The van der Waals surface area contributed by atoms with E-state index in [1.165, 1.54) is 36.4 Å². The summed E-state index contributed by atoms with van der Waals surface area (Å²) < 4.78 is 27.0. The first-order valence-corrected chi connectivity index (χ1v) is 9.42. The van der Waals surface area contributed by atoms with Gasteiger partial charge in [-0.05, 0) is 18.2 Å². The molecule has 3 aromatic rings. The Bertz CT molecular complexity index is 1130. The fraction of sp³-hybridized carbons (Fsp3) is 0. The van der Waals surface area contributed by atoms with E-state index >= 15 is 0 Å². The number of nitrogens with one attached hydrogen (secondary N) is 1. The summed E-state index contributed by atoms with van der Waals surface area (Å²) in [6.07, 6.45) is 0. The minimum atomic E-state index is -4.25. The van der Waals surface area contributed by atoms with E-state index in [2.05, 4.69) is 14.9 Å². The van der Waals surface area contributed by atoms with Gasteiger partial charge in [0, 0.05) is 23.8 Å². The van der Waals surface area contributed by atoms with E-state index in [0.717, 1.165) is 23.5 Å². The number of anilines is 1. The fourth-order valence-electron chi connectivity index (χ4n) is 2.11. The van der Waals surface area contributed by atoms with Gasteiger partial charge in [0.05, 0.1) is 9.85 Å². The van der Waals surface area contributed by atoms with Gasteiger partial charge in [-0.25, -0.2) is 8.42 Å². The zero-order valence-electron chi connectivity index (χ0n) is 13.2. The molecule has 1 heterocycles. The summed E-state index contributed by atoms with van der Waals surface area (Å²) in [7, 11) is -4.25. The Labute approximate surface area is 155 Å². The van der Waals surface area contributed by atoms with Gasteiger partial charge >= 0.3 is 0 Å². The molecule has 27 heavy (non-hydrogen) atoms. The maximum atomic E-state index is 12.4. The summed E-state index contributed by atoms with van der Waals surface area (Å²) in [6.45, 7) is 0. The van der Waals surface area contributed by atoms with Crippen LogP contribution in [0, 0.1) is 20.2 Å². The van der Waals surface area contributed by atoms with Crippen molar-refractivity contribution in [1.82, 2.24) is 10.2 Å². The van der Waals surface area contributed by atoms with Crippen LogP contribution in [-0.4, -0.2) is 28.5 Å². The maximum absolute atomic E-state index is 12.4. The summed E-state index contributed by atoms with van der Waals surface area (Å²) in [5.74, 6) is 0. The molecule has 3 rings (SSSR count). The van der Waals surface area contributed by atoms with Gasteiger partial charge in [-0.2, -0.15) is 0 Å². The molecule has 0 fully saturated rings. The number of hydrogen-bond acceptors (Lipinski definition) is 9. The maximum Gasteiger partial charge on any atom is 0.289 e. The second-order valence-electron chi connectivity index (χ2n) is 5.05. The van der Waals surface area contributed by atoms with Crippen LogP contribution < -0.4 is 4.72 Å². The summed E-state index contributed by atoms with van der Waals surface area (Å²) in [6, 6.07) is 10.4. The molecule has 0 saturated heterocycles. The number of nitrogens with zero attached hydrogens (tertiary/aromatic N) is 4. The summed E-state index contributed by atoms with van der Waals surface area (Å²) in [4.78, 5) is 19.9. The highest BCUT2D eigenvalue weighted by atomic mass is 32.2. The number of para-hydroxylation sites is 1. The zero-order chi connectivity index (χ0) is 19.6. The zero-order valence-corrected chi connectivity index (χ0v) is 14.8. The van der Waals surface area contributed by atoms with Gasteiger partial charge in [-0.1, -0.05) is 23.5 Å². The van der Waals surface area contributed by atoms with Crippen LogP contribution in [0.4, 0.5) is 16.5 Å². The second kappa shape index (κ2) is 7.05. The Morgan fingerprint density at radius 1 is 0.926 bits per heavy atom. The first-order valence-electron chi connectivity index (χ1n) is 7.12. The quantitative estimate of drug-likeness (QED) is 0.482. The van der Waals surface area contributed by atoms with Crippen molar-refractivity contribution in [3.05, 3.63) is 68.8 Å². The average molecular weight is 407 g/mol. The highest BCUT2D eigenvalue weighted by Crippen LogP contribution is 2.30. The lowest BCUT2D eigenvalue weighted by Crippen LogP contribution is -2.14. The molecule has 0 spiro atoms. The number of hydrogen-bond donors (Lipinski definition) is 1. The minimum absolute atomic E-state index is 0.0958. The molecule has 0 saturated carbocycles. The largest absolute Gasteiger partial charge is 0.289 e. The molecular weight excluding hydrogens is 398 g/mol. The molecular formula is C14H9N5O6S2. The van der Waals surface area contributed by atoms with Crippen molar-refractivity contribution in [2.75, 3.05) is 4.72 Å². The number of sulfonamides is 1. The van der Waals surface area contributed by atoms with Gasteiger partial charge < -0.3 is 0 Å². The van der Waals surface area contributed by atoms with Crippen LogP contribution in [0.25, 0.3) is 10.6 Å². The lowest BCUT2D eigenvalue weighted by atomic mass is 10.2. The van der Waals surface area contributed by atoms with E-state index < -0.39 is 30.5 Å². The topological polar surface area (TPSA) is 158 Å². The van der Waals surface area contributed by atoms with E-state index in [9.17, 15) is 28.6 Å². The SMILES string of the molecule is O=[N+]([O-])c1ccc(-c2nnc(NS(=O)(=O)c3ccccc3[N+](=O)[O-])s2)cc1. The summed E-state index contributed by atoms with van der Waals surface area (Å²) in [5, 5.41) is 29.5. The first kappa shape index (κ1) is 18.3. The van der Waals surface area contributed by atoms with E-state index in [-0.39, 0.29) is 10.8 Å². The third-order valence-electron chi connectivity index (χ3n) is 3.32. The number of benzene rings is 2. The van der Waals surface area contributed by atoms with Crippen molar-refractivity contribution < 1.29 is 18.3 Å². The van der Waals surface area contributed by atoms with Crippen LogP contribution in [0.15, 0.2) is 53.4 Å². The van der Waals surface area contributed by atoms with E-state index in [1.54, 1.807) is 0 Å². The van der Waals surface area contributed by atoms with Crippen LogP contribution in [-0.2, 0) is 10.0 Å². The summed E-state index contributed by atoms with van der Waals surface area (Å²) in [5.41, 5.74) is -0.153. The molecule has 11 nitrogen and oxygen atoms in total. The molecule has 0 aliphatic heterocycles. The molecule has 1 aromatic heterocycles. The van der Waals surface area contributed by atoms with Gasteiger partial charge in [0.1, 0.15) is 5.01 Å². The smallest absolute Gasteiger partial charge is 0.258 e. The lowest BCUT2D eigenvalue weighted by Gasteiger charge is -2.04. The molecule has 138 valence electrons. The molecule has 13 heteroatoms. The number of nitro benzene ring substituents is 2. The highest BCUT2D eigenvalue weighted by Gasteiger charge is 2.26. The molecule has 0 radical (unpaired) electrons. The van der Waals surface area contributed by atoms with Crippen LogP contribution >= 0.6 is 11.3 Å². The number of rotatable bonds is 6. The number of nitro groups is 2. The Kier molecular flexibility index (Phi) is 4.79. The van der Waals surface area contributed by atoms with Gasteiger partial charge in [0.2, 0.25) is 5.13 Å². The van der Waals surface area contributed by atoms with Gasteiger partial charge in [0.25, 0.3) is 21.4 Å². The summed E-state index contributed by atoms with van der Waals surface area (Å²) >= 11 is 0.884. The van der Waals surface area contributed by atoms with Gasteiger partial charge in [-0.15, -0.1) is 10.2 Å². The van der Waals surface area contributed by atoms with E-state index in [4.69, 9.17) is 0 Å². The third-order valence-corrected chi connectivity index (χ3v) is 5.73. The lowest BCUT2D eigenvalue weighted by molar-refractivity contribution is -0.387. The number of aromatic nitrogens is 2. The van der Waals surface area contributed by atoms with Crippen LogP contribution in [0.5, 0.6) is 0 Å². The van der Waals surface area contributed by atoms with Crippen LogP contribution in [0.1, 0.15) is 0 Å². The molecule has 2 aromatic carbocycles. The third kappa shape index (κ3) is 3.88. The number of non-ortho nitro benzene ring substituents is 1. The molecule has 1 N–H and O–H groups in total. The highest BCUT2D eigenvalue weighted by molar-refractivity contribution is 7.93. The van der Waals surface area contributed by atoms with Crippen molar-refractivity contribution in [2.45, 2.75) is 4.90 Å². The average Bonchev–Trinajstić information content (AvgIpc) is 3.09.